The van der Waals surface area contributed by atoms with Gasteiger partial charge in [0.2, 0.25) is 5.91 Å². The molecule has 2 heterocycles. The van der Waals surface area contributed by atoms with Gasteiger partial charge in [-0.15, -0.1) is 0 Å². The molecule has 4 rings (SSSR count). The van der Waals surface area contributed by atoms with Gasteiger partial charge in [0.1, 0.15) is 5.75 Å². The normalized spacial score (nSPS) is 14.1. The van der Waals surface area contributed by atoms with Crippen molar-refractivity contribution in [2.75, 3.05) is 12.4 Å². The first-order valence-electron chi connectivity index (χ1n) is 11.7. The molecule has 0 aliphatic carbocycles. The fourth-order valence-corrected chi connectivity index (χ4v) is 3.47. The lowest BCUT2D eigenvalue weighted by molar-refractivity contribution is -0.193. The minimum absolute atomic E-state index is 0.225. The first-order valence-corrected chi connectivity index (χ1v) is 11.7. The number of methoxy groups -OCH3 is 1. The number of hydrogen-bond donors (Lipinski definition) is 6. The second-order valence-electron chi connectivity index (χ2n) is 8.48. The number of hydrogen-bond acceptors (Lipinski definition) is 7. The van der Waals surface area contributed by atoms with E-state index in [1.165, 1.54) is 0 Å². The number of benzene rings is 2. The van der Waals surface area contributed by atoms with Crippen molar-refractivity contribution in [1.29, 1.82) is 0 Å². The van der Waals surface area contributed by atoms with Crippen molar-refractivity contribution in [3.63, 3.8) is 0 Å². The third kappa shape index (κ3) is 10.0. The van der Waals surface area contributed by atoms with E-state index < -0.39 is 36.2 Å². The van der Waals surface area contributed by atoms with Crippen molar-refractivity contribution in [3.05, 3.63) is 65.5 Å². The zero-order chi connectivity index (χ0) is 32.5. The number of aromatic amines is 1. The van der Waals surface area contributed by atoms with Gasteiger partial charge in [-0.05, 0) is 47.4 Å². The predicted octanol–water partition coefficient (Wildman–Crippen LogP) is 3.10. The fraction of sp³-hybridized carbons (Fsp3) is 0.240. The molecule has 0 spiro atoms. The number of H-pyrrole nitrogens is 1. The molecule has 0 bridgehead atoms. The average Bonchev–Trinajstić information content (AvgIpc) is 3.47. The fourth-order valence-electron chi connectivity index (χ4n) is 3.47. The van der Waals surface area contributed by atoms with Crippen LogP contribution in [0.3, 0.4) is 0 Å². The van der Waals surface area contributed by atoms with Crippen LogP contribution in [0.5, 0.6) is 5.75 Å². The number of nitrogens with zero attached hydrogens (tertiary/aromatic N) is 1. The van der Waals surface area contributed by atoms with E-state index in [1.54, 1.807) is 37.7 Å². The second-order valence-corrected chi connectivity index (χ2v) is 8.48. The molecule has 1 aromatic heterocycles. The summed E-state index contributed by atoms with van der Waals surface area (Å²) in [7, 11) is 1.62. The van der Waals surface area contributed by atoms with Gasteiger partial charge in [0, 0.05) is 18.3 Å². The summed E-state index contributed by atoms with van der Waals surface area (Å²) in [6, 6.07) is 10.6. The lowest BCUT2D eigenvalue weighted by Crippen LogP contribution is -2.44. The van der Waals surface area contributed by atoms with Crippen LogP contribution in [0, 0.1) is 0 Å². The Morgan fingerprint density at radius 3 is 2.05 bits per heavy atom. The Hall–Kier alpha value is -5.13. The number of alkyl halides is 6. The van der Waals surface area contributed by atoms with Crippen molar-refractivity contribution in [2.45, 2.75) is 31.4 Å². The number of carbonyl (C=O) groups excluding carboxylic acids is 2. The molecule has 0 unspecified atom stereocenters. The van der Waals surface area contributed by atoms with Crippen LogP contribution < -0.4 is 21.1 Å². The largest absolute Gasteiger partial charge is 0.497 e. The molecule has 1 atom stereocenters. The Morgan fingerprint density at radius 2 is 1.56 bits per heavy atom. The molecule has 1 aliphatic rings. The molecule has 2 aromatic carbocycles. The zero-order valence-corrected chi connectivity index (χ0v) is 21.8. The number of ether oxygens (including phenoxy) is 1. The maximum absolute atomic E-state index is 12.8. The number of primary amides is 1. The molecule has 18 heteroatoms. The van der Waals surface area contributed by atoms with E-state index in [0.717, 1.165) is 28.0 Å². The van der Waals surface area contributed by atoms with Crippen LogP contribution in [0.15, 0.2) is 48.8 Å². The van der Waals surface area contributed by atoms with Gasteiger partial charge >= 0.3 is 24.3 Å². The number of nitrogens with one attached hydrogen (secondary N) is 3. The maximum atomic E-state index is 12.8. The van der Waals surface area contributed by atoms with Gasteiger partial charge < -0.3 is 31.3 Å². The Bertz CT molecular complexity index is 1440. The molecule has 0 saturated carbocycles. The van der Waals surface area contributed by atoms with E-state index in [-0.39, 0.29) is 11.5 Å². The highest BCUT2D eigenvalue weighted by molar-refractivity contribution is 6.05. The standard InChI is InChI=1S/C21H21N5O3.2C2HF3O2/c1-29-16-4-2-13-9-23-19(8-14(13)6-16)21(28)26-18-5-3-12(7-17(18)20(22)27)15-10-24-25-11-15;2*3-2(4,5)1(6)7/h2-7,10-11,19,23H,8-9H2,1H3,(H2,22,27)(H,24,25)(H,26,28);2*(H,6,7)/t19-;;/m1../s1. The minimum Gasteiger partial charge on any atom is -0.497 e. The number of carbonyl (C=O) groups is 4. The van der Waals surface area contributed by atoms with Gasteiger partial charge in [-0.25, -0.2) is 9.59 Å². The number of aliphatic carboxylic acids is 2. The first kappa shape index (κ1) is 34.1. The molecule has 43 heavy (non-hydrogen) atoms. The Balaban J connectivity index is 0.000000384. The Labute approximate surface area is 237 Å². The number of carboxylic acids is 2. The van der Waals surface area contributed by atoms with Crippen molar-refractivity contribution in [1.82, 2.24) is 15.5 Å². The number of aromatic nitrogens is 2. The van der Waals surface area contributed by atoms with E-state index >= 15 is 0 Å². The number of carboxylic acid groups (broad SMARTS) is 2. The molecule has 0 radical (unpaired) electrons. The highest BCUT2D eigenvalue weighted by Gasteiger charge is 2.38. The van der Waals surface area contributed by atoms with Gasteiger partial charge in [-0.1, -0.05) is 12.1 Å². The monoisotopic (exact) mass is 619 g/mol. The summed E-state index contributed by atoms with van der Waals surface area (Å²) in [5.41, 5.74) is 9.97. The summed E-state index contributed by atoms with van der Waals surface area (Å²) in [5.74, 6) is -5.59. The minimum atomic E-state index is -5.08. The lowest BCUT2D eigenvalue weighted by Gasteiger charge is -2.26. The van der Waals surface area contributed by atoms with E-state index in [0.29, 0.717) is 18.7 Å². The zero-order valence-electron chi connectivity index (χ0n) is 21.8. The number of anilines is 1. The van der Waals surface area contributed by atoms with Gasteiger partial charge in [-0.2, -0.15) is 31.4 Å². The number of fused-ring (bicyclic) bond motifs is 1. The summed E-state index contributed by atoms with van der Waals surface area (Å²) in [6.45, 7) is 0.583. The Kier molecular flexibility index (Phi) is 11.2. The third-order valence-electron chi connectivity index (χ3n) is 5.55. The smallest absolute Gasteiger partial charge is 0.490 e. The molecule has 2 amide bonds. The summed E-state index contributed by atoms with van der Waals surface area (Å²) in [5, 5.41) is 27.0. The number of rotatable bonds is 5. The molecular weight excluding hydrogens is 596 g/mol. The average molecular weight is 619 g/mol. The van der Waals surface area contributed by atoms with Crippen LogP contribution in [0.25, 0.3) is 11.1 Å². The second kappa shape index (κ2) is 14.2. The summed E-state index contributed by atoms with van der Waals surface area (Å²) < 4.78 is 68.7. The van der Waals surface area contributed by atoms with Crippen LogP contribution in [0.2, 0.25) is 0 Å². The van der Waals surface area contributed by atoms with Gasteiger partial charge in [0.15, 0.2) is 0 Å². The number of halogens is 6. The van der Waals surface area contributed by atoms with Crippen LogP contribution in [-0.2, 0) is 27.3 Å². The highest BCUT2D eigenvalue weighted by Crippen LogP contribution is 2.26. The number of amides is 2. The summed E-state index contributed by atoms with van der Waals surface area (Å²) >= 11 is 0. The molecule has 12 nitrogen and oxygen atoms in total. The van der Waals surface area contributed by atoms with E-state index in [9.17, 15) is 35.9 Å². The lowest BCUT2D eigenvalue weighted by atomic mass is 9.95. The SMILES string of the molecule is COc1ccc2c(c1)C[C@H](C(=O)Nc1ccc(-c3cn[nH]c3)cc1C(N)=O)NC2.O=C(O)C(F)(F)F.O=C(O)C(F)(F)F. The molecule has 3 aromatic rings. The van der Waals surface area contributed by atoms with Crippen molar-refractivity contribution < 1.29 is 60.5 Å². The molecule has 7 N–H and O–H groups in total. The molecule has 0 fully saturated rings. The molecule has 1 aliphatic heterocycles. The van der Waals surface area contributed by atoms with Crippen LogP contribution in [0.4, 0.5) is 32.0 Å². The quantitative estimate of drug-likeness (QED) is 0.233. The van der Waals surface area contributed by atoms with Gasteiger partial charge in [0.05, 0.1) is 30.6 Å². The topological polar surface area (TPSA) is 197 Å². The summed E-state index contributed by atoms with van der Waals surface area (Å²) in [4.78, 5) is 42.6. The van der Waals surface area contributed by atoms with Crippen molar-refractivity contribution in [2.24, 2.45) is 5.73 Å². The maximum Gasteiger partial charge on any atom is 0.490 e. The molecule has 232 valence electrons. The van der Waals surface area contributed by atoms with Crippen LogP contribution in [-0.4, -0.2) is 69.7 Å². The Morgan fingerprint density at radius 1 is 0.953 bits per heavy atom. The van der Waals surface area contributed by atoms with Gasteiger partial charge in [-0.3, -0.25) is 14.7 Å². The van der Waals surface area contributed by atoms with E-state index in [1.807, 2.05) is 18.2 Å². The van der Waals surface area contributed by atoms with Crippen molar-refractivity contribution in [3.8, 4) is 16.9 Å². The number of nitrogens with two attached hydrogens (primary N) is 1. The highest BCUT2D eigenvalue weighted by atomic mass is 19.4. The first-order chi connectivity index (χ1) is 19.9. The third-order valence-corrected chi connectivity index (χ3v) is 5.55. The van der Waals surface area contributed by atoms with Crippen LogP contribution in [0.1, 0.15) is 21.5 Å². The predicted molar refractivity (Wildman–Crippen MR) is 136 cm³/mol. The van der Waals surface area contributed by atoms with E-state index in [4.69, 9.17) is 30.3 Å². The van der Waals surface area contributed by atoms with Crippen molar-refractivity contribution >= 4 is 29.4 Å². The van der Waals surface area contributed by atoms with Gasteiger partial charge in [0.25, 0.3) is 5.91 Å². The molecular formula is C25H23F6N5O7. The molecule has 0 saturated heterocycles. The van der Waals surface area contributed by atoms with E-state index in [2.05, 4.69) is 20.8 Å². The van der Waals surface area contributed by atoms with Crippen LogP contribution >= 0.6 is 0 Å². The summed E-state index contributed by atoms with van der Waals surface area (Å²) in [6.07, 6.45) is -6.27.